The molecule has 26 heavy (non-hydrogen) atoms. The van der Waals surface area contributed by atoms with E-state index in [0.717, 1.165) is 18.3 Å². The van der Waals surface area contributed by atoms with Crippen LogP contribution in [0.3, 0.4) is 0 Å². The summed E-state index contributed by atoms with van der Waals surface area (Å²) in [5, 5.41) is 2.39. The van der Waals surface area contributed by atoms with Gasteiger partial charge in [0.1, 0.15) is 11.4 Å². The van der Waals surface area contributed by atoms with Crippen molar-refractivity contribution in [2.45, 2.75) is 6.18 Å². The first-order valence-electron chi connectivity index (χ1n) is 7.19. The van der Waals surface area contributed by atoms with Crippen LogP contribution >= 0.6 is 0 Å². The summed E-state index contributed by atoms with van der Waals surface area (Å²) in [5.41, 5.74) is 5.52. The number of nitrogens with zero attached hydrogens (tertiary/aromatic N) is 5. The van der Waals surface area contributed by atoms with Gasteiger partial charge < -0.3 is 15.6 Å². The van der Waals surface area contributed by atoms with Gasteiger partial charge in [0.25, 0.3) is 5.91 Å². The van der Waals surface area contributed by atoms with Gasteiger partial charge in [-0.05, 0) is 12.1 Å². The fraction of sp³-hybridized carbons (Fsp3) is 0.133. The van der Waals surface area contributed by atoms with Crippen molar-refractivity contribution in [2.24, 2.45) is 7.05 Å². The van der Waals surface area contributed by atoms with E-state index < -0.39 is 17.8 Å². The molecule has 0 aliphatic carbocycles. The second-order valence-corrected chi connectivity index (χ2v) is 5.26. The zero-order valence-corrected chi connectivity index (χ0v) is 13.3. The van der Waals surface area contributed by atoms with E-state index in [1.54, 1.807) is 24.1 Å². The molecule has 0 radical (unpaired) electrons. The van der Waals surface area contributed by atoms with Crippen LogP contribution in [0.5, 0.6) is 0 Å². The van der Waals surface area contributed by atoms with Crippen molar-refractivity contribution in [3.05, 3.63) is 48.4 Å². The summed E-state index contributed by atoms with van der Waals surface area (Å²) >= 11 is 0. The van der Waals surface area contributed by atoms with Crippen molar-refractivity contribution in [3.63, 3.8) is 0 Å². The number of halogens is 3. The van der Waals surface area contributed by atoms with Crippen LogP contribution in [0, 0.1) is 0 Å². The number of carbonyl (C=O) groups excluding carboxylic acids is 1. The minimum Gasteiger partial charge on any atom is -0.382 e. The van der Waals surface area contributed by atoms with Crippen molar-refractivity contribution in [1.29, 1.82) is 0 Å². The number of anilines is 2. The second kappa shape index (κ2) is 6.43. The van der Waals surface area contributed by atoms with Crippen molar-refractivity contribution in [1.82, 2.24) is 24.5 Å². The first kappa shape index (κ1) is 17.3. The maximum atomic E-state index is 12.5. The topological polar surface area (TPSA) is 112 Å². The molecule has 0 unspecified atom stereocenters. The van der Waals surface area contributed by atoms with E-state index in [2.05, 4.69) is 25.3 Å². The zero-order valence-electron chi connectivity index (χ0n) is 13.3. The first-order chi connectivity index (χ1) is 12.3. The van der Waals surface area contributed by atoms with Crippen molar-refractivity contribution in [2.75, 3.05) is 11.1 Å². The minimum atomic E-state index is -4.56. The third-order valence-electron chi connectivity index (χ3n) is 3.41. The van der Waals surface area contributed by atoms with Gasteiger partial charge in [-0.15, -0.1) is 0 Å². The Hall–Kier alpha value is -3.50. The number of nitrogens with two attached hydrogens (primary N) is 1. The number of pyridine rings is 1. The Morgan fingerprint density at radius 2 is 1.96 bits per heavy atom. The van der Waals surface area contributed by atoms with E-state index >= 15 is 0 Å². The van der Waals surface area contributed by atoms with E-state index in [1.165, 1.54) is 6.20 Å². The smallest absolute Gasteiger partial charge is 0.382 e. The van der Waals surface area contributed by atoms with Crippen LogP contribution < -0.4 is 11.1 Å². The number of hydrogen-bond donors (Lipinski definition) is 2. The van der Waals surface area contributed by atoms with E-state index in [4.69, 9.17) is 5.73 Å². The van der Waals surface area contributed by atoms with E-state index in [1.807, 2.05) is 0 Å². The number of carbonyl (C=O) groups is 1. The van der Waals surface area contributed by atoms with E-state index in [-0.39, 0.29) is 17.2 Å². The molecule has 0 saturated heterocycles. The Kier molecular flexibility index (Phi) is 4.28. The second-order valence-electron chi connectivity index (χ2n) is 5.26. The van der Waals surface area contributed by atoms with Crippen molar-refractivity contribution >= 4 is 17.4 Å². The quantitative estimate of drug-likeness (QED) is 0.737. The predicted molar refractivity (Wildman–Crippen MR) is 85.8 cm³/mol. The van der Waals surface area contributed by atoms with Crippen LogP contribution in [0.15, 0.2) is 37.1 Å². The summed E-state index contributed by atoms with van der Waals surface area (Å²) in [6.45, 7) is 0. The molecule has 0 bridgehead atoms. The molecule has 0 aliphatic rings. The summed E-state index contributed by atoms with van der Waals surface area (Å²) in [5.74, 6) is -0.839. The van der Waals surface area contributed by atoms with E-state index in [0.29, 0.717) is 11.4 Å². The number of amides is 1. The number of imidazole rings is 1. The first-order valence-corrected chi connectivity index (χ1v) is 7.19. The highest BCUT2D eigenvalue weighted by Gasteiger charge is 2.32. The lowest BCUT2D eigenvalue weighted by molar-refractivity contribution is -0.141. The van der Waals surface area contributed by atoms with E-state index in [9.17, 15) is 18.0 Å². The van der Waals surface area contributed by atoms with Gasteiger partial charge in [-0.3, -0.25) is 4.79 Å². The van der Waals surface area contributed by atoms with Gasteiger partial charge in [-0.2, -0.15) is 13.2 Å². The molecule has 0 aromatic carbocycles. The lowest BCUT2D eigenvalue weighted by Gasteiger charge is -2.09. The van der Waals surface area contributed by atoms with Crippen molar-refractivity contribution in [3.8, 4) is 11.4 Å². The molecule has 3 aromatic heterocycles. The van der Waals surface area contributed by atoms with Crippen LogP contribution in [-0.2, 0) is 13.2 Å². The SMILES string of the molecule is Cn1cncc1-c1cnc(N)c(C(=O)Nc2ccc(C(F)(F)F)nc2)n1. The van der Waals surface area contributed by atoms with Gasteiger partial charge in [-0.1, -0.05) is 0 Å². The average Bonchev–Trinajstić information content (AvgIpc) is 3.01. The predicted octanol–water partition coefficient (Wildman–Crippen LogP) is 2.13. The normalized spacial score (nSPS) is 11.4. The highest BCUT2D eigenvalue weighted by atomic mass is 19.4. The Morgan fingerprint density at radius 3 is 2.54 bits per heavy atom. The Labute approximate surface area is 144 Å². The molecular weight excluding hydrogens is 351 g/mol. The fourth-order valence-corrected chi connectivity index (χ4v) is 2.12. The van der Waals surface area contributed by atoms with Gasteiger partial charge in [0.15, 0.2) is 11.5 Å². The summed E-state index contributed by atoms with van der Waals surface area (Å²) < 4.78 is 39.2. The number of alkyl halides is 3. The lowest BCUT2D eigenvalue weighted by atomic mass is 10.3. The summed E-state index contributed by atoms with van der Waals surface area (Å²) in [6, 6.07) is 1.85. The highest BCUT2D eigenvalue weighted by molar-refractivity contribution is 6.05. The number of nitrogen functional groups attached to an aromatic ring is 1. The Bertz CT molecular complexity index is 951. The number of aromatic nitrogens is 5. The molecule has 11 heteroatoms. The molecule has 0 atom stereocenters. The molecule has 3 heterocycles. The average molecular weight is 363 g/mol. The molecule has 0 spiro atoms. The van der Waals surface area contributed by atoms with Crippen LogP contribution in [0.4, 0.5) is 24.7 Å². The molecular formula is C15H12F3N7O. The number of aryl methyl sites for hydroxylation is 1. The third-order valence-corrected chi connectivity index (χ3v) is 3.41. The largest absolute Gasteiger partial charge is 0.433 e. The van der Waals surface area contributed by atoms with Crippen LogP contribution in [0.2, 0.25) is 0 Å². The number of hydrogen-bond acceptors (Lipinski definition) is 6. The molecule has 0 saturated carbocycles. The monoisotopic (exact) mass is 363 g/mol. The summed E-state index contributed by atoms with van der Waals surface area (Å²) in [6.07, 6.45) is 0.830. The van der Waals surface area contributed by atoms with Crippen molar-refractivity contribution < 1.29 is 18.0 Å². The zero-order chi connectivity index (χ0) is 18.9. The summed E-state index contributed by atoms with van der Waals surface area (Å²) in [4.78, 5) is 27.7. The molecule has 1 amide bonds. The summed E-state index contributed by atoms with van der Waals surface area (Å²) in [7, 11) is 1.74. The maximum absolute atomic E-state index is 12.5. The molecule has 0 fully saturated rings. The van der Waals surface area contributed by atoms with Crippen LogP contribution in [0.25, 0.3) is 11.4 Å². The van der Waals surface area contributed by atoms with Gasteiger partial charge >= 0.3 is 6.18 Å². The lowest BCUT2D eigenvalue weighted by Crippen LogP contribution is -2.18. The molecule has 3 aromatic rings. The molecule has 3 N–H and O–H groups in total. The maximum Gasteiger partial charge on any atom is 0.433 e. The minimum absolute atomic E-state index is 0.0649. The molecule has 3 rings (SSSR count). The van der Waals surface area contributed by atoms with Gasteiger partial charge in [0.2, 0.25) is 0 Å². The Morgan fingerprint density at radius 1 is 1.19 bits per heavy atom. The number of rotatable bonds is 3. The third kappa shape index (κ3) is 3.45. The molecule has 8 nitrogen and oxygen atoms in total. The standard InChI is InChI=1S/C15H12F3N7O/c1-25-7-20-6-10(25)9-5-22-13(19)12(24-9)14(26)23-8-2-3-11(21-4-8)15(16,17)18/h2-7H,1H3,(H2,19,22)(H,23,26). The van der Waals surface area contributed by atoms with Crippen LogP contribution in [0.1, 0.15) is 16.2 Å². The fourth-order valence-electron chi connectivity index (χ4n) is 2.12. The Balaban J connectivity index is 1.85. The number of nitrogens with one attached hydrogen (secondary N) is 1. The highest BCUT2D eigenvalue weighted by Crippen LogP contribution is 2.28. The van der Waals surface area contributed by atoms with Gasteiger partial charge in [0.05, 0.1) is 36.3 Å². The van der Waals surface area contributed by atoms with Gasteiger partial charge in [-0.25, -0.2) is 19.9 Å². The van der Waals surface area contributed by atoms with Gasteiger partial charge in [0, 0.05) is 7.05 Å². The molecule has 0 aliphatic heterocycles. The van der Waals surface area contributed by atoms with Crippen LogP contribution in [-0.4, -0.2) is 30.4 Å². The molecule has 134 valence electrons.